The van der Waals surface area contributed by atoms with Crippen LogP contribution in [0.5, 0.6) is 0 Å². The minimum absolute atomic E-state index is 0.0315. The van der Waals surface area contributed by atoms with Crippen LogP contribution in [-0.2, 0) is 14.8 Å². The van der Waals surface area contributed by atoms with Gasteiger partial charge in [0.15, 0.2) is 0 Å². The molecule has 4 aromatic rings. The molecule has 1 aliphatic heterocycles. The first-order valence-electron chi connectivity index (χ1n) is 14.5. The molecule has 7 N–H and O–H groups in total. The van der Waals surface area contributed by atoms with Crippen molar-refractivity contribution in [3.05, 3.63) is 83.6 Å². The third kappa shape index (κ3) is 6.98. The molecule has 0 bridgehead atoms. The quantitative estimate of drug-likeness (QED) is 0.0876. The Morgan fingerprint density at radius 1 is 0.977 bits per heavy atom. The minimum Gasteiger partial charge on any atom is -0.478 e. The number of rotatable bonds is 13. The van der Waals surface area contributed by atoms with Gasteiger partial charge in [0, 0.05) is 24.0 Å². The molecule has 1 unspecified atom stereocenters. The second-order valence-corrected chi connectivity index (χ2v) is 12.6. The third-order valence-corrected chi connectivity index (χ3v) is 9.49. The van der Waals surface area contributed by atoms with Gasteiger partial charge in [-0.25, -0.2) is 13.2 Å². The van der Waals surface area contributed by atoms with Crippen molar-refractivity contribution in [2.24, 2.45) is 0 Å². The fourth-order valence-electron chi connectivity index (χ4n) is 5.55. The lowest BCUT2D eigenvalue weighted by Crippen LogP contribution is -2.65. The number of fused-ring (bicyclic) bond motifs is 1. The SMILES string of the molecule is Cc1cc(-c2ccccc2)cc(C)c1S(=O)(=O)NC(CCCCNC1NCCN1)(NC(=O)c1ccc2cn[nH]c2c1)C(=O)O. The number of unbranched alkanes of at least 4 members (excludes halogenated alkanes) is 1. The van der Waals surface area contributed by atoms with Crippen molar-refractivity contribution in [2.45, 2.75) is 50.0 Å². The van der Waals surface area contributed by atoms with Gasteiger partial charge in [0.25, 0.3) is 5.91 Å². The van der Waals surface area contributed by atoms with E-state index in [0.29, 0.717) is 36.0 Å². The van der Waals surface area contributed by atoms with Gasteiger partial charge in [-0.3, -0.25) is 25.8 Å². The Hall–Kier alpha value is -4.14. The number of hydrogen-bond donors (Lipinski definition) is 7. The van der Waals surface area contributed by atoms with Crippen LogP contribution in [0, 0.1) is 13.8 Å². The van der Waals surface area contributed by atoms with Crippen molar-refractivity contribution in [1.82, 2.24) is 36.2 Å². The van der Waals surface area contributed by atoms with E-state index in [2.05, 4.69) is 36.2 Å². The number of nitrogens with one attached hydrogen (secondary N) is 6. The van der Waals surface area contributed by atoms with Crippen LogP contribution in [0.1, 0.15) is 40.7 Å². The molecule has 12 nitrogen and oxygen atoms in total. The lowest BCUT2D eigenvalue weighted by molar-refractivity contribution is -0.145. The number of aliphatic carboxylic acids is 1. The summed E-state index contributed by atoms with van der Waals surface area (Å²) >= 11 is 0. The van der Waals surface area contributed by atoms with Gasteiger partial charge in [-0.05, 0) is 74.0 Å². The number of H-pyrrole nitrogens is 1. The van der Waals surface area contributed by atoms with E-state index in [1.807, 2.05) is 30.3 Å². The van der Waals surface area contributed by atoms with Crippen LogP contribution in [0.15, 0.2) is 71.8 Å². The van der Waals surface area contributed by atoms with Gasteiger partial charge in [0.1, 0.15) is 6.29 Å². The Kier molecular flexibility index (Phi) is 9.42. The van der Waals surface area contributed by atoms with Crippen LogP contribution in [0.4, 0.5) is 0 Å². The Labute approximate surface area is 256 Å². The number of aromatic amines is 1. The average molecular weight is 620 g/mol. The smallest absolute Gasteiger partial charge is 0.345 e. The number of nitrogens with zero attached hydrogens (tertiary/aromatic N) is 1. The molecule has 0 spiro atoms. The van der Waals surface area contributed by atoms with Crippen LogP contribution in [0.2, 0.25) is 0 Å². The van der Waals surface area contributed by atoms with E-state index in [1.165, 1.54) is 6.07 Å². The predicted octanol–water partition coefficient (Wildman–Crippen LogP) is 2.57. The number of aromatic nitrogens is 2. The van der Waals surface area contributed by atoms with Crippen molar-refractivity contribution in [2.75, 3.05) is 19.6 Å². The van der Waals surface area contributed by atoms with Gasteiger partial charge in [-0.2, -0.15) is 9.82 Å². The number of aryl methyl sites for hydroxylation is 2. The van der Waals surface area contributed by atoms with Crippen molar-refractivity contribution < 1.29 is 23.1 Å². The first-order chi connectivity index (χ1) is 21.1. The van der Waals surface area contributed by atoms with Crippen molar-refractivity contribution in [1.29, 1.82) is 0 Å². The Bertz CT molecular complexity index is 1730. The lowest BCUT2D eigenvalue weighted by Gasteiger charge is -2.32. The number of carbonyl (C=O) groups is 2. The number of benzene rings is 3. The number of carboxylic acid groups (broad SMARTS) is 1. The molecule has 44 heavy (non-hydrogen) atoms. The zero-order valence-electron chi connectivity index (χ0n) is 24.6. The summed E-state index contributed by atoms with van der Waals surface area (Å²) in [7, 11) is -4.43. The molecule has 3 aromatic carbocycles. The highest BCUT2D eigenvalue weighted by Gasteiger charge is 2.44. The normalized spacial score (nSPS) is 15.3. The first kappa shape index (κ1) is 31.3. The monoisotopic (exact) mass is 619 g/mol. The fourth-order valence-corrected chi connectivity index (χ4v) is 7.32. The summed E-state index contributed by atoms with van der Waals surface area (Å²) in [6.07, 6.45) is 2.22. The minimum atomic E-state index is -4.43. The standard InChI is InChI=1S/C31H37N7O5S/c1-20-16-25(22-8-4-3-5-9-22)17-21(2)27(20)44(42,43)38-31(29(40)41,12-6-7-13-32-30-33-14-15-34-30)36-28(39)23-10-11-24-19-35-37-26(24)18-23/h3-5,8-11,16-19,30,32-34,38H,6-7,12-15H2,1-2H3,(H,35,37)(H,36,39)(H,40,41). The Morgan fingerprint density at radius 3 is 2.36 bits per heavy atom. The third-order valence-electron chi connectivity index (χ3n) is 7.69. The maximum absolute atomic E-state index is 14.0. The van der Waals surface area contributed by atoms with Gasteiger partial charge in [-0.1, -0.05) is 48.5 Å². The zero-order valence-corrected chi connectivity index (χ0v) is 25.4. The zero-order chi connectivity index (χ0) is 31.3. The Balaban J connectivity index is 1.43. The summed E-state index contributed by atoms with van der Waals surface area (Å²) in [4.78, 5) is 26.4. The summed E-state index contributed by atoms with van der Waals surface area (Å²) < 4.78 is 30.4. The summed E-state index contributed by atoms with van der Waals surface area (Å²) in [6, 6.07) is 17.8. The average Bonchev–Trinajstić information content (AvgIpc) is 3.68. The molecule has 1 atom stereocenters. The highest BCUT2D eigenvalue weighted by molar-refractivity contribution is 7.89. The molecule has 1 saturated heterocycles. The molecule has 13 heteroatoms. The molecular formula is C31H37N7O5S. The van der Waals surface area contributed by atoms with Gasteiger partial charge in [0.2, 0.25) is 15.7 Å². The van der Waals surface area contributed by atoms with Crippen molar-refractivity contribution in [3.8, 4) is 11.1 Å². The van der Waals surface area contributed by atoms with Crippen LogP contribution in [0.25, 0.3) is 22.0 Å². The van der Waals surface area contributed by atoms with Crippen molar-refractivity contribution in [3.63, 3.8) is 0 Å². The van der Waals surface area contributed by atoms with Gasteiger partial charge in [0.05, 0.1) is 16.6 Å². The molecule has 5 rings (SSSR count). The van der Waals surface area contributed by atoms with Crippen LogP contribution in [-0.4, -0.2) is 67.2 Å². The van der Waals surface area contributed by atoms with E-state index >= 15 is 0 Å². The molecular weight excluding hydrogens is 582 g/mol. The molecule has 0 aliphatic carbocycles. The van der Waals surface area contributed by atoms with Crippen LogP contribution < -0.4 is 26.0 Å². The number of sulfonamides is 1. The van der Waals surface area contributed by atoms with Crippen LogP contribution >= 0.6 is 0 Å². The van der Waals surface area contributed by atoms with E-state index < -0.39 is 27.6 Å². The second kappa shape index (κ2) is 13.2. The van der Waals surface area contributed by atoms with Crippen LogP contribution in [0.3, 0.4) is 0 Å². The summed E-state index contributed by atoms with van der Waals surface area (Å²) in [5, 5.41) is 30.3. The van der Waals surface area contributed by atoms with Gasteiger partial charge >= 0.3 is 5.97 Å². The number of amides is 1. The summed E-state index contributed by atoms with van der Waals surface area (Å²) in [5.41, 5.74) is 1.09. The first-order valence-corrected chi connectivity index (χ1v) is 16.0. The van der Waals surface area contributed by atoms with E-state index in [9.17, 15) is 23.1 Å². The Morgan fingerprint density at radius 2 is 1.68 bits per heavy atom. The maximum Gasteiger partial charge on any atom is 0.345 e. The van der Waals surface area contributed by atoms with E-state index in [0.717, 1.165) is 29.6 Å². The number of hydrogen-bond acceptors (Lipinski definition) is 8. The fraction of sp³-hybridized carbons (Fsp3) is 0.323. The predicted molar refractivity (Wildman–Crippen MR) is 167 cm³/mol. The summed E-state index contributed by atoms with van der Waals surface area (Å²) in [5.74, 6) is -2.25. The topological polar surface area (TPSA) is 177 Å². The molecule has 1 aromatic heterocycles. The molecule has 1 aliphatic rings. The molecule has 0 saturated carbocycles. The molecule has 0 radical (unpaired) electrons. The van der Waals surface area contributed by atoms with E-state index in [1.54, 1.807) is 44.3 Å². The highest BCUT2D eigenvalue weighted by atomic mass is 32.2. The highest BCUT2D eigenvalue weighted by Crippen LogP contribution is 2.29. The van der Waals surface area contributed by atoms with Gasteiger partial charge in [-0.15, -0.1) is 0 Å². The van der Waals surface area contributed by atoms with E-state index in [-0.39, 0.29) is 23.2 Å². The largest absolute Gasteiger partial charge is 0.478 e. The second-order valence-electron chi connectivity index (χ2n) is 11.0. The molecule has 1 amide bonds. The summed E-state index contributed by atoms with van der Waals surface area (Å²) in [6.45, 7) is 5.57. The number of carboxylic acids is 1. The molecule has 1 fully saturated rings. The number of carbonyl (C=O) groups excluding carboxylic acids is 1. The molecule has 232 valence electrons. The maximum atomic E-state index is 14.0. The molecule has 2 heterocycles. The van der Waals surface area contributed by atoms with E-state index in [4.69, 9.17) is 0 Å². The van der Waals surface area contributed by atoms with Gasteiger partial charge < -0.3 is 10.4 Å². The van der Waals surface area contributed by atoms with Crippen molar-refractivity contribution >= 4 is 32.8 Å². The lowest BCUT2D eigenvalue weighted by atomic mass is 10.0.